The van der Waals surface area contributed by atoms with Crippen LogP contribution in [0.1, 0.15) is 0 Å². The van der Waals surface area contributed by atoms with Gasteiger partial charge < -0.3 is 0 Å². The summed E-state index contributed by atoms with van der Waals surface area (Å²) in [6.07, 6.45) is 0. The number of thiazole rings is 1. The van der Waals surface area contributed by atoms with Gasteiger partial charge in [-0.1, -0.05) is 28.1 Å². The maximum Gasteiger partial charge on any atom is 0.219 e. The molecule has 0 amide bonds. The van der Waals surface area contributed by atoms with Crippen molar-refractivity contribution in [3.8, 4) is 11.3 Å². The normalized spacial score (nSPS) is 9.67. The molecule has 0 fully saturated rings. The molecule has 1 heterocycles. The van der Waals surface area contributed by atoms with Crippen LogP contribution < -0.4 is 0 Å². The number of nitrogens with zero attached hydrogens (tertiary/aromatic N) is 2. The molecule has 0 saturated carbocycles. The molecule has 0 unspecified atom stereocenters. The van der Waals surface area contributed by atoms with Crippen molar-refractivity contribution in [1.82, 2.24) is 4.98 Å². The number of aliphatic imine (C=N–C) groups is 1. The molecule has 0 radical (unpaired) electrons. The summed E-state index contributed by atoms with van der Waals surface area (Å²) < 4.78 is 1.04. The molecule has 74 valence electrons. The van der Waals surface area contributed by atoms with E-state index < -0.39 is 0 Å². The molecule has 0 aliphatic carbocycles. The molecule has 0 atom stereocenters. The first-order valence-corrected chi connectivity index (χ1v) is 5.81. The average molecular weight is 280 g/mol. The number of rotatable bonds is 2. The molecular formula is C10H6BrN3S. The van der Waals surface area contributed by atoms with Crippen LogP contribution in [0.15, 0.2) is 39.1 Å². The number of hydrogen-bond donors (Lipinski definition) is 1. The third kappa shape index (κ3) is 2.39. The van der Waals surface area contributed by atoms with Crippen molar-refractivity contribution >= 4 is 38.4 Å². The van der Waals surface area contributed by atoms with Gasteiger partial charge in [0.25, 0.3) is 0 Å². The Kier molecular flexibility index (Phi) is 3.06. The molecule has 0 aliphatic rings. The van der Waals surface area contributed by atoms with Gasteiger partial charge in [0.1, 0.15) is 0 Å². The summed E-state index contributed by atoms with van der Waals surface area (Å²) >= 11 is 4.78. The topological polar surface area (TPSA) is 49.1 Å². The number of nitrogens with one attached hydrogen (secondary N) is 1. The Morgan fingerprint density at radius 2 is 2.07 bits per heavy atom. The predicted octanol–water partition coefficient (Wildman–Crippen LogP) is 3.96. The summed E-state index contributed by atoms with van der Waals surface area (Å²) in [7, 11) is 0. The third-order valence-corrected chi connectivity index (χ3v) is 3.05. The molecule has 1 aromatic carbocycles. The number of aromatic nitrogens is 1. The van der Waals surface area contributed by atoms with Gasteiger partial charge in [-0.3, -0.25) is 0 Å². The lowest BCUT2D eigenvalue weighted by atomic mass is 10.2. The van der Waals surface area contributed by atoms with E-state index in [0.29, 0.717) is 5.13 Å². The van der Waals surface area contributed by atoms with E-state index in [1.165, 1.54) is 11.3 Å². The Morgan fingerprint density at radius 1 is 1.33 bits per heavy atom. The Labute approximate surface area is 99.2 Å². The molecule has 15 heavy (non-hydrogen) atoms. The van der Waals surface area contributed by atoms with Crippen LogP contribution >= 0.6 is 27.3 Å². The highest BCUT2D eigenvalue weighted by atomic mass is 79.9. The smallest absolute Gasteiger partial charge is 0.219 e. The summed E-state index contributed by atoms with van der Waals surface area (Å²) in [6.45, 7) is 0. The van der Waals surface area contributed by atoms with Gasteiger partial charge in [-0.05, 0) is 12.1 Å². The summed E-state index contributed by atoms with van der Waals surface area (Å²) in [6, 6.07) is 9.87. The number of hydrogen-bond acceptors (Lipinski definition) is 4. The minimum Gasteiger partial charge on any atom is -0.241 e. The average Bonchev–Trinajstić information content (AvgIpc) is 2.68. The lowest BCUT2D eigenvalue weighted by Crippen LogP contribution is -1.75. The Balaban J connectivity index is 2.37. The quantitative estimate of drug-likeness (QED) is 0.832. The fraction of sp³-hybridized carbons (Fsp3) is 0. The lowest BCUT2D eigenvalue weighted by Gasteiger charge is -1.95. The van der Waals surface area contributed by atoms with E-state index in [0.717, 1.165) is 15.7 Å². The molecule has 1 N–H and O–H groups in total. The first kappa shape index (κ1) is 10.2. The van der Waals surface area contributed by atoms with E-state index >= 15 is 0 Å². The Hall–Kier alpha value is -1.29. The van der Waals surface area contributed by atoms with E-state index in [9.17, 15) is 0 Å². The summed E-state index contributed by atoms with van der Waals surface area (Å²) in [5.41, 5.74) is 1.92. The second-order valence-electron chi connectivity index (χ2n) is 2.75. The van der Waals surface area contributed by atoms with Gasteiger partial charge in [0.15, 0.2) is 0 Å². The van der Waals surface area contributed by atoms with Crippen LogP contribution in [0.5, 0.6) is 0 Å². The molecule has 5 heteroatoms. The van der Waals surface area contributed by atoms with E-state index in [4.69, 9.17) is 5.41 Å². The number of benzene rings is 1. The maximum absolute atomic E-state index is 6.73. The minimum absolute atomic E-state index is 0.558. The van der Waals surface area contributed by atoms with Crippen molar-refractivity contribution in [2.75, 3.05) is 0 Å². The van der Waals surface area contributed by atoms with Crippen molar-refractivity contribution in [1.29, 1.82) is 5.41 Å². The fourth-order valence-corrected chi connectivity index (χ4v) is 2.04. The zero-order valence-corrected chi connectivity index (χ0v) is 9.97. The molecule has 2 aromatic rings. The van der Waals surface area contributed by atoms with Gasteiger partial charge in [-0.15, -0.1) is 11.3 Å². The standard InChI is InChI=1S/C10H6BrN3S/c11-8-3-1-7(2-4-8)9-5-15-10(14-9)13-6-12/h1-5,12H. The van der Waals surface area contributed by atoms with Gasteiger partial charge in [-0.25, -0.2) is 10.4 Å². The second kappa shape index (κ2) is 4.49. The van der Waals surface area contributed by atoms with E-state index in [-0.39, 0.29) is 0 Å². The molecule has 3 nitrogen and oxygen atoms in total. The fourth-order valence-electron chi connectivity index (χ4n) is 1.12. The Morgan fingerprint density at radius 3 is 2.73 bits per heavy atom. The summed E-state index contributed by atoms with van der Waals surface area (Å²) in [5, 5.41) is 9.20. The van der Waals surface area contributed by atoms with E-state index in [1.54, 1.807) is 0 Å². The third-order valence-electron chi connectivity index (χ3n) is 1.78. The van der Waals surface area contributed by atoms with Crippen LogP contribution in [-0.4, -0.2) is 11.0 Å². The highest BCUT2D eigenvalue weighted by Gasteiger charge is 2.02. The molecule has 0 spiro atoms. The summed E-state index contributed by atoms with van der Waals surface area (Å²) in [5.74, 6) is 0. The monoisotopic (exact) mass is 279 g/mol. The molecule has 1 aromatic heterocycles. The highest BCUT2D eigenvalue weighted by Crippen LogP contribution is 2.27. The molecule has 2 rings (SSSR count). The van der Waals surface area contributed by atoms with Crippen LogP contribution in [0.2, 0.25) is 0 Å². The number of halogens is 1. The first-order valence-electron chi connectivity index (χ1n) is 4.13. The molecular weight excluding hydrogens is 274 g/mol. The van der Waals surface area contributed by atoms with E-state index in [2.05, 4.69) is 25.9 Å². The van der Waals surface area contributed by atoms with Crippen molar-refractivity contribution in [2.24, 2.45) is 4.99 Å². The van der Waals surface area contributed by atoms with Gasteiger partial charge in [0.2, 0.25) is 5.13 Å². The van der Waals surface area contributed by atoms with Crippen LogP contribution in [0.3, 0.4) is 0 Å². The van der Waals surface area contributed by atoms with Crippen molar-refractivity contribution in [3.05, 3.63) is 34.1 Å². The molecule has 0 bridgehead atoms. The summed E-state index contributed by atoms with van der Waals surface area (Å²) in [4.78, 5) is 7.94. The van der Waals surface area contributed by atoms with Crippen molar-refractivity contribution in [2.45, 2.75) is 0 Å². The Bertz CT molecular complexity index is 512. The minimum atomic E-state index is 0.558. The van der Waals surface area contributed by atoms with Gasteiger partial charge in [0.05, 0.1) is 11.7 Å². The zero-order valence-electron chi connectivity index (χ0n) is 7.57. The van der Waals surface area contributed by atoms with Crippen molar-refractivity contribution < 1.29 is 0 Å². The van der Waals surface area contributed by atoms with Gasteiger partial charge in [-0.2, -0.15) is 4.99 Å². The first-order chi connectivity index (χ1) is 7.29. The van der Waals surface area contributed by atoms with Crippen LogP contribution in [0.4, 0.5) is 5.13 Å². The lowest BCUT2D eigenvalue weighted by molar-refractivity contribution is 1.35. The predicted molar refractivity (Wildman–Crippen MR) is 65.1 cm³/mol. The highest BCUT2D eigenvalue weighted by molar-refractivity contribution is 9.10. The zero-order chi connectivity index (χ0) is 10.7. The second-order valence-corrected chi connectivity index (χ2v) is 4.50. The van der Waals surface area contributed by atoms with Gasteiger partial charge >= 0.3 is 0 Å². The van der Waals surface area contributed by atoms with Crippen LogP contribution in [0, 0.1) is 5.41 Å². The van der Waals surface area contributed by atoms with Crippen molar-refractivity contribution in [3.63, 3.8) is 0 Å². The SMILES string of the molecule is N=C=Nc1nc(-c2ccc(Br)cc2)cs1. The van der Waals surface area contributed by atoms with Crippen LogP contribution in [-0.2, 0) is 0 Å². The maximum atomic E-state index is 6.73. The van der Waals surface area contributed by atoms with Gasteiger partial charge in [0, 0.05) is 15.4 Å². The van der Waals surface area contributed by atoms with Crippen LogP contribution in [0.25, 0.3) is 11.3 Å². The molecule has 0 aliphatic heterocycles. The molecule has 0 saturated heterocycles. The van der Waals surface area contributed by atoms with E-state index in [1.807, 2.05) is 35.7 Å². The largest absolute Gasteiger partial charge is 0.241 e.